The maximum absolute atomic E-state index is 12.3. The predicted octanol–water partition coefficient (Wildman–Crippen LogP) is 2.15. The van der Waals surface area contributed by atoms with Crippen LogP contribution in [0.2, 0.25) is 0 Å². The number of piperidine rings is 1. The van der Waals surface area contributed by atoms with E-state index in [-0.39, 0.29) is 5.92 Å². The van der Waals surface area contributed by atoms with E-state index in [9.17, 15) is 4.79 Å². The molecule has 3 heteroatoms. The molecule has 0 radical (unpaired) electrons. The summed E-state index contributed by atoms with van der Waals surface area (Å²) in [5.74, 6) is 1.39. The number of carbonyl (C=O) groups excluding carboxylic acids is 1. The van der Waals surface area contributed by atoms with Gasteiger partial charge in [-0.05, 0) is 25.2 Å². The topological polar surface area (TPSA) is 46.3 Å². The van der Waals surface area contributed by atoms with Gasteiger partial charge in [-0.2, -0.15) is 0 Å². The molecule has 2 N–H and O–H groups in total. The first-order valence-corrected chi connectivity index (χ1v) is 7.21. The molecule has 17 heavy (non-hydrogen) atoms. The number of likely N-dealkylation sites (tertiary alicyclic amines) is 1. The van der Waals surface area contributed by atoms with Crippen LogP contribution in [-0.2, 0) is 4.79 Å². The number of nitrogens with two attached hydrogens (primary N) is 1. The summed E-state index contributed by atoms with van der Waals surface area (Å²) in [6.07, 6.45) is 8.45. The standard InChI is InChI=1S/C14H26N2O/c1-11(10-12-4-2-3-5-12)14(17)16-8-6-13(15)7-9-16/h11-13H,2-10,15H2,1H3. The van der Waals surface area contributed by atoms with Crippen LogP contribution in [-0.4, -0.2) is 29.9 Å². The van der Waals surface area contributed by atoms with Gasteiger partial charge in [0.15, 0.2) is 0 Å². The van der Waals surface area contributed by atoms with Crippen molar-refractivity contribution in [2.75, 3.05) is 13.1 Å². The van der Waals surface area contributed by atoms with Crippen LogP contribution in [0.3, 0.4) is 0 Å². The van der Waals surface area contributed by atoms with Crippen molar-refractivity contribution in [2.24, 2.45) is 17.6 Å². The summed E-state index contributed by atoms with van der Waals surface area (Å²) in [5, 5.41) is 0. The van der Waals surface area contributed by atoms with Gasteiger partial charge in [-0.1, -0.05) is 32.6 Å². The van der Waals surface area contributed by atoms with E-state index in [1.165, 1.54) is 25.7 Å². The molecular weight excluding hydrogens is 212 g/mol. The predicted molar refractivity (Wildman–Crippen MR) is 69.5 cm³/mol. The highest BCUT2D eigenvalue weighted by Gasteiger charge is 2.27. The number of nitrogens with zero attached hydrogens (tertiary/aromatic N) is 1. The van der Waals surface area contributed by atoms with Crippen molar-refractivity contribution in [3.63, 3.8) is 0 Å². The third-order valence-electron chi connectivity index (χ3n) is 4.43. The van der Waals surface area contributed by atoms with E-state index >= 15 is 0 Å². The lowest BCUT2D eigenvalue weighted by atomic mass is 9.93. The number of amides is 1. The number of carbonyl (C=O) groups is 1. The molecule has 1 saturated heterocycles. The summed E-state index contributed by atoms with van der Waals surface area (Å²) in [6, 6.07) is 0.309. The van der Waals surface area contributed by atoms with E-state index in [0.717, 1.165) is 38.3 Å². The summed E-state index contributed by atoms with van der Waals surface area (Å²) in [4.78, 5) is 14.3. The van der Waals surface area contributed by atoms with Gasteiger partial charge in [0.05, 0.1) is 0 Å². The molecule has 1 saturated carbocycles. The molecule has 1 unspecified atom stereocenters. The largest absolute Gasteiger partial charge is 0.342 e. The molecule has 0 aromatic rings. The Morgan fingerprint density at radius 2 is 1.82 bits per heavy atom. The van der Waals surface area contributed by atoms with Gasteiger partial charge in [0.2, 0.25) is 5.91 Å². The smallest absolute Gasteiger partial charge is 0.225 e. The lowest BCUT2D eigenvalue weighted by Crippen LogP contribution is -2.45. The first kappa shape index (κ1) is 12.9. The van der Waals surface area contributed by atoms with Crippen molar-refractivity contribution >= 4 is 5.91 Å². The molecule has 2 rings (SSSR count). The Balaban J connectivity index is 1.77. The highest BCUT2D eigenvalue weighted by atomic mass is 16.2. The molecule has 0 aromatic carbocycles. The molecule has 3 nitrogen and oxygen atoms in total. The van der Waals surface area contributed by atoms with Crippen LogP contribution in [0.5, 0.6) is 0 Å². The third kappa shape index (κ3) is 3.44. The molecule has 1 aliphatic carbocycles. The van der Waals surface area contributed by atoms with Crippen LogP contribution in [0.15, 0.2) is 0 Å². The Morgan fingerprint density at radius 1 is 1.24 bits per heavy atom. The van der Waals surface area contributed by atoms with Crippen molar-refractivity contribution in [2.45, 2.75) is 57.9 Å². The normalized spacial score (nSPS) is 25.2. The van der Waals surface area contributed by atoms with Gasteiger partial charge >= 0.3 is 0 Å². The molecule has 1 atom stereocenters. The van der Waals surface area contributed by atoms with Gasteiger partial charge in [-0.25, -0.2) is 0 Å². The summed E-state index contributed by atoms with van der Waals surface area (Å²) in [7, 11) is 0. The molecule has 2 fully saturated rings. The molecule has 0 aromatic heterocycles. The SMILES string of the molecule is CC(CC1CCCC1)C(=O)N1CCC(N)CC1. The van der Waals surface area contributed by atoms with Gasteiger partial charge in [0.1, 0.15) is 0 Å². The first-order valence-electron chi connectivity index (χ1n) is 7.21. The van der Waals surface area contributed by atoms with Gasteiger partial charge in [-0.15, -0.1) is 0 Å². The van der Waals surface area contributed by atoms with E-state index < -0.39 is 0 Å². The monoisotopic (exact) mass is 238 g/mol. The van der Waals surface area contributed by atoms with Crippen LogP contribution in [0, 0.1) is 11.8 Å². The number of rotatable bonds is 3. The minimum atomic E-state index is 0.215. The Bertz CT molecular complexity index is 253. The molecule has 1 amide bonds. The van der Waals surface area contributed by atoms with Gasteiger partial charge in [-0.3, -0.25) is 4.79 Å². The van der Waals surface area contributed by atoms with Crippen LogP contribution in [0.4, 0.5) is 0 Å². The Kier molecular flexibility index (Phi) is 4.43. The highest BCUT2D eigenvalue weighted by Crippen LogP contribution is 2.31. The summed E-state index contributed by atoms with van der Waals surface area (Å²) < 4.78 is 0. The van der Waals surface area contributed by atoms with E-state index in [1.807, 2.05) is 4.90 Å². The fraction of sp³-hybridized carbons (Fsp3) is 0.929. The average molecular weight is 238 g/mol. The maximum atomic E-state index is 12.3. The second kappa shape index (κ2) is 5.85. The van der Waals surface area contributed by atoms with Crippen LogP contribution >= 0.6 is 0 Å². The molecular formula is C14H26N2O. The van der Waals surface area contributed by atoms with Crippen LogP contribution in [0.25, 0.3) is 0 Å². The van der Waals surface area contributed by atoms with Gasteiger partial charge in [0.25, 0.3) is 0 Å². The third-order valence-corrected chi connectivity index (χ3v) is 4.43. The van der Waals surface area contributed by atoms with Crippen molar-refractivity contribution in [3.8, 4) is 0 Å². The Hall–Kier alpha value is -0.570. The Labute approximate surface area is 105 Å². The zero-order valence-corrected chi connectivity index (χ0v) is 11.0. The molecule has 1 heterocycles. The second-order valence-electron chi connectivity index (χ2n) is 5.95. The maximum Gasteiger partial charge on any atom is 0.225 e. The first-order chi connectivity index (χ1) is 8.16. The zero-order valence-electron chi connectivity index (χ0n) is 11.0. The number of hydrogen-bond acceptors (Lipinski definition) is 2. The van der Waals surface area contributed by atoms with Gasteiger partial charge < -0.3 is 10.6 Å². The molecule has 0 bridgehead atoms. The lowest BCUT2D eigenvalue weighted by Gasteiger charge is -2.32. The summed E-state index contributed by atoms with van der Waals surface area (Å²) in [6.45, 7) is 3.85. The molecule has 1 aliphatic heterocycles. The minimum absolute atomic E-state index is 0.215. The lowest BCUT2D eigenvalue weighted by molar-refractivity contribution is -0.136. The van der Waals surface area contributed by atoms with E-state index in [4.69, 9.17) is 5.73 Å². The summed E-state index contributed by atoms with van der Waals surface area (Å²) in [5.41, 5.74) is 5.87. The van der Waals surface area contributed by atoms with Crippen molar-refractivity contribution < 1.29 is 4.79 Å². The molecule has 98 valence electrons. The number of hydrogen-bond donors (Lipinski definition) is 1. The minimum Gasteiger partial charge on any atom is -0.342 e. The van der Waals surface area contributed by atoms with Crippen molar-refractivity contribution in [1.82, 2.24) is 4.90 Å². The average Bonchev–Trinajstić information content (AvgIpc) is 2.82. The van der Waals surface area contributed by atoms with Crippen LogP contribution < -0.4 is 5.73 Å². The second-order valence-corrected chi connectivity index (χ2v) is 5.95. The molecule has 2 aliphatic rings. The van der Waals surface area contributed by atoms with E-state index in [2.05, 4.69) is 6.92 Å². The van der Waals surface area contributed by atoms with Crippen molar-refractivity contribution in [1.29, 1.82) is 0 Å². The van der Waals surface area contributed by atoms with E-state index in [0.29, 0.717) is 11.9 Å². The Morgan fingerprint density at radius 3 is 2.41 bits per heavy atom. The fourth-order valence-electron chi connectivity index (χ4n) is 3.28. The van der Waals surface area contributed by atoms with Crippen molar-refractivity contribution in [3.05, 3.63) is 0 Å². The summed E-state index contributed by atoms with van der Waals surface area (Å²) >= 11 is 0. The van der Waals surface area contributed by atoms with Crippen LogP contribution in [0.1, 0.15) is 51.9 Å². The van der Waals surface area contributed by atoms with Gasteiger partial charge in [0, 0.05) is 25.0 Å². The fourth-order valence-corrected chi connectivity index (χ4v) is 3.28. The quantitative estimate of drug-likeness (QED) is 0.819. The van der Waals surface area contributed by atoms with E-state index in [1.54, 1.807) is 0 Å². The highest BCUT2D eigenvalue weighted by molar-refractivity contribution is 5.78. The zero-order chi connectivity index (χ0) is 12.3. The molecule has 0 spiro atoms.